The number of nitrogens with zero attached hydrogens (tertiary/aromatic N) is 4. The first kappa shape index (κ1) is 12.7. The highest BCUT2D eigenvalue weighted by atomic mass is 16.0. The topological polar surface area (TPSA) is 135 Å². The van der Waals surface area contributed by atoms with Gasteiger partial charge in [0.25, 0.3) is 0 Å². The van der Waals surface area contributed by atoms with E-state index in [0.717, 1.165) is 0 Å². The Labute approximate surface area is 86.5 Å². The molecule has 0 aromatic carbocycles. The fourth-order valence-corrected chi connectivity index (χ4v) is 0.621. The van der Waals surface area contributed by atoms with Crippen molar-refractivity contribution >= 4 is 11.9 Å². The van der Waals surface area contributed by atoms with Crippen LogP contribution in [0.2, 0.25) is 0 Å². The maximum atomic E-state index is 5.14. The van der Waals surface area contributed by atoms with Gasteiger partial charge in [-0.15, -0.1) is 0 Å². The van der Waals surface area contributed by atoms with Crippen molar-refractivity contribution in [1.82, 2.24) is 19.9 Å². The Morgan fingerprint density at radius 2 is 0.933 bits per heavy atom. The zero-order valence-corrected chi connectivity index (χ0v) is 7.91. The van der Waals surface area contributed by atoms with Crippen LogP contribution in [0.4, 0.5) is 11.9 Å². The fourth-order valence-electron chi connectivity index (χ4n) is 0.621. The fraction of sp³-hybridized carbons (Fsp3) is 0. The van der Waals surface area contributed by atoms with Crippen LogP contribution in [-0.4, -0.2) is 25.4 Å². The molecule has 0 atom stereocenters. The summed E-state index contributed by atoms with van der Waals surface area (Å²) in [7, 11) is 0. The summed E-state index contributed by atoms with van der Waals surface area (Å²) in [5.41, 5.74) is 10.3. The van der Waals surface area contributed by atoms with Gasteiger partial charge >= 0.3 is 0 Å². The Kier molecular flexibility index (Phi) is 6.07. The zero-order chi connectivity index (χ0) is 10.2. The third-order valence-corrected chi connectivity index (χ3v) is 1.17. The van der Waals surface area contributed by atoms with Crippen molar-refractivity contribution in [2.75, 3.05) is 11.5 Å². The second-order valence-electron chi connectivity index (χ2n) is 2.21. The lowest BCUT2D eigenvalue weighted by molar-refractivity contribution is 0.824. The number of hydrogen-bond acceptors (Lipinski definition) is 6. The number of rotatable bonds is 0. The van der Waals surface area contributed by atoms with Crippen LogP contribution < -0.4 is 11.5 Å². The first-order valence-electron chi connectivity index (χ1n) is 3.84. The van der Waals surface area contributed by atoms with Crippen LogP contribution in [0.1, 0.15) is 0 Å². The molecular weight excluding hydrogens is 196 g/mol. The van der Waals surface area contributed by atoms with Gasteiger partial charge in [-0.05, 0) is 12.1 Å². The molecule has 0 fully saturated rings. The van der Waals surface area contributed by atoms with Crippen LogP contribution in [-0.2, 0) is 0 Å². The SMILES string of the molecule is Nc1ncccn1.Nc1ncccn1.O. The molecule has 2 rings (SSSR count). The van der Waals surface area contributed by atoms with Gasteiger partial charge in [0, 0.05) is 24.8 Å². The molecule has 2 heterocycles. The molecule has 0 aliphatic carbocycles. The Hall–Kier alpha value is -2.28. The van der Waals surface area contributed by atoms with Crippen LogP contribution in [0, 0.1) is 0 Å². The Balaban J connectivity index is 0.000000245. The molecule has 15 heavy (non-hydrogen) atoms. The van der Waals surface area contributed by atoms with E-state index in [1.165, 1.54) is 0 Å². The molecule has 0 spiro atoms. The minimum Gasteiger partial charge on any atom is -0.412 e. The maximum absolute atomic E-state index is 5.14. The summed E-state index contributed by atoms with van der Waals surface area (Å²) in [5, 5.41) is 0. The third-order valence-electron chi connectivity index (χ3n) is 1.17. The number of nitrogen functional groups attached to an aromatic ring is 2. The summed E-state index contributed by atoms with van der Waals surface area (Å²) < 4.78 is 0. The minimum atomic E-state index is 0. The Morgan fingerprint density at radius 3 is 1.07 bits per heavy atom. The highest BCUT2D eigenvalue weighted by Gasteiger charge is 1.75. The second-order valence-corrected chi connectivity index (χ2v) is 2.21. The van der Waals surface area contributed by atoms with Crippen molar-refractivity contribution in [3.8, 4) is 0 Å². The minimum absolute atomic E-state index is 0. The van der Waals surface area contributed by atoms with Crippen molar-refractivity contribution in [1.29, 1.82) is 0 Å². The molecule has 0 bridgehead atoms. The molecule has 0 radical (unpaired) electrons. The molecule has 0 unspecified atom stereocenters. The van der Waals surface area contributed by atoms with Gasteiger partial charge in [0.2, 0.25) is 11.9 Å². The Bertz CT molecular complexity index is 317. The van der Waals surface area contributed by atoms with Crippen LogP contribution in [0.15, 0.2) is 36.9 Å². The van der Waals surface area contributed by atoms with Crippen LogP contribution in [0.25, 0.3) is 0 Å². The van der Waals surface area contributed by atoms with Crippen molar-refractivity contribution in [2.45, 2.75) is 0 Å². The summed E-state index contributed by atoms with van der Waals surface area (Å²) in [6.07, 6.45) is 6.40. The van der Waals surface area contributed by atoms with Gasteiger partial charge in [-0.25, -0.2) is 19.9 Å². The molecule has 0 saturated heterocycles. The van der Waals surface area contributed by atoms with Gasteiger partial charge < -0.3 is 16.9 Å². The predicted molar refractivity (Wildman–Crippen MR) is 56.5 cm³/mol. The molecule has 0 aliphatic rings. The monoisotopic (exact) mass is 208 g/mol. The largest absolute Gasteiger partial charge is 0.412 e. The molecule has 80 valence electrons. The highest BCUT2D eigenvalue weighted by molar-refractivity contribution is 5.11. The summed E-state index contributed by atoms with van der Waals surface area (Å²) in [4.78, 5) is 14.6. The number of anilines is 2. The molecule has 7 heteroatoms. The molecule has 7 nitrogen and oxygen atoms in total. The lowest BCUT2D eigenvalue weighted by atomic mass is 10.7. The average molecular weight is 208 g/mol. The van der Waals surface area contributed by atoms with Crippen LogP contribution in [0.3, 0.4) is 0 Å². The second kappa shape index (κ2) is 7.15. The van der Waals surface area contributed by atoms with E-state index >= 15 is 0 Å². The van der Waals surface area contributed by atoms with Gasteiger partial charge in [-0.2, -0.15) is 0 Å². The lowest BCUT2D eigenvalue weighted by Gasteiger charge is -1.82. The van der Waals surface area contributed by atoms with Gasteiger partial charge in [0.1, 0.15) is 0 Å². The quantitative estimate of drug-likeness (QED) is 0.587. The van der Waals surface area contributed by atoms with Gasteiger partial charge in [0.05, 0.1) is 0 Å². The third kappa shape index (κ3) is 5.88. The molecular formula is C8H12N6O. The zero-order valence-electron chi connectivity index (χ0n) is 7.91. The first-order valence-corrected chi connectivity index (χ1v) is 3.84. The van der Waals surface area contributed by atoms with E-state index in [1.54, 1.807) is 36.9 Å². The molecule has 0 saturated carbocycles. The van der Waals surface area contributed by atoms with E-state index in [1.807, 2.05) is 0 Å². The Morgan fingerprint density at radius 1 is 0.667 bits per heavy atom. The number of aromatic nitrogens is 4. The number of hydrogen-bond donors (Lipinski definition) is 2. The van der Waals surface area contributed by atoms with E-state index in [0.29, 0.717) is 11.9 Å². The smallest absolute Gasteiger partial charge is 0.219 e. The molecule has 2 aromatic rings. The normalized spacial score (nSPS) is 8.00. The van der Waals surface area contributed by atoms with Gasteiger partial charge in [-0.1, -0.05) is 0 Å². The van der Waals surface area contributed by atoms with Crippen molar-refractivity contribution in [3.05, 3.63) is 36.9 Å². The first-order chi connectivity index (χ1) is 6.79. The van der Waals surface area contributed by atoms with E-state index in [2.05, 4.69) is 19.9 Å². The summed E-state index contributed by atoms with van der Waals surface area (Å²) in [6, 6.07) is 3.44. The van der Waals surface area contributed by atoms with E-state index in [9.17, 15) is 0 Å². The van der Waals surface area contributed by atoms with Gasteiger partial charge in [0.15, 0.2) is 0 Å². The van der Waals surface area contributed by atoms with Crippen molar-refractivity contribution in [2.24, 2.45) is 0 Å². The standard InChI is InChI=1S/2C4H5N3.H2O/c2*5-4-6-2-1-3-7-4;/h2*1-3H,(H2,5,6,7);1H2. The highest BCUT2D eigenvalue weighted by Crippen LogP contribution is 1.82. The van der Waals surface area contributed by atoms with E-state index < -0.39 is 0 Å². The molecule has 0 amide bonds. The van der Waals surface area contributed by atoms with Crippen molar-refractivity contribution in [3.63, 3.8) is 0 Å². The lowest BCUT2D eigenvalue weighted by Crippen LogP contribution is -1.90. The maximum Gasteiger partial charge on any atom is 0.219 e. The number of nitrogens with two attached hydrogens (primary N) is 2. The summed E-state index contributed by atoms with van der Waals surface area (Å²) >= 11 is 0. The molecule has 2 aromatic heterocycles. The van der Waals surface area contributed by atoms with Crippen molar-refractivity contribution < 1.29 is 5.48 Å². The average Bonchev–Trinajstić information content (AvgIpc) is 2.21. The van der Waals surface area contributed by atoms with E-state index in [-0.39, 0.29) is 5.48 Å². The van der Waals surface area contributed by atoms with E-state index in [4.69, 9.17) is 11.5 Å². The molecule has 0 aliphatic heterocycles. The molecule has 6 N–H and O–H groups in total. The van der Waals surface area contributed by atoms with Crippen LogP contribution >= 0.6 is 0 Å². The van der Waals surface area contributed by atoms with Gasteiger partial charge in [-0.3, -0.25) is 0 Å². The summed E-state index contributed by atoms with van der Waals surface area (Å²) in [5.74, 6) is 0.644. The van der Waals surface area contributed by atoms with Crippen LogP contribution in [0.5, 0.6) is 0 Å². The summed E-state index contributed by atoms with van der Waals surface area (Å²) in [6.45, 7) is 0. The predicted octanol–water partition coefficient (Wildman–Crippen LogP) is -0.707.